The van der Waals surface area contributed by atoms with Gasteiger partial charge < -0.3 is 10.3 Å². The highest BCUT2D eigenvalue weighted by Gasteiger charge is 2.13. The zero-order valence-corrected chi connectivity index (χ0v) is 15.0. The van der Waals surface area contributed by atoms with Crippen LogP contribution in [0.4, 0.5) is 0 Å². The summed E-state index contributed by atoms with van der Waals surface area (Å²) in [5.41, 5.74) is 3.56. The van der Waals surface area contributed by atoms with Gasteiger partial charge in [0.2, 0.25) is 0 Å². The maximum absolute atomic E-state index is 12.8. The van der Waals surface area contributed by atoms with E-state index >= 15 is 0 Å². The molecule has 0 saturated heterocycles. The van der Waals surface area contributed by atoms with Crippen LogP contribution in [0.15, 0.2) is 53.3 Å². The van der Waals surface area contributed by atoms with Gasteiger partial charge in [-0.1, -0.05) is 23.8 Å². The number of hydrogen-bond acceptors (Lipinski definition) is 4. The maximum atomic E-state index is 12.8. The summed E-state index contributed by atoms with van der Waals surface area (Å²) in [7, 11) is 0. The van der Waals surface area contributed by atoms with E-state index in [-0.39, 0.29) is 18.0 Å². The molecular weight excluding hydrogens is 340 g/mol. The fourth-order valence-corrected chi connectivity index (χ4v) is 3.14. The van der Waals surface area contributed by atoms with Crippen molar-refractivity contribution >= 4 is 27.7 Å². The third kappa shape index (κ3) is 3.29. The largest absolute Gasteiger partial charge is 0.345 e. The van der Waals surface area contributed by atoms with Crippen LogP contribution in [0.1, 0.15) is 27.4 Å². The predicted molar refractivity (Wildman–Crippen MR) is 105 cm³/mol. The fraction of sp³-hybridized carbons (Fsp3) is 0.143. The van der Waals surface area contributed by atoms with Gasteiger partial charge in [0, 0.05) is 11.1 Å². The zero-order valence-electron chi connectivity index (χ0n) is 15.0. The molecule has 0 aliphatic carbocycles. The van der Waals surface area contributed by atoms with Crippen LogP contribution in [0.2, 0.25) is 0 Å². The van der Waals surface area contributed by atoms with Crippen LogP contribution >= 0.6 is 0 Å². The van der Waals surface area contributed by atoms with Crippen molar-refractivity contribution in [3.05, 3.63) is 81.5 Å². The Kier molecular flexibility index (Phi) is 4.16. The van der Waals surface area contributed by atoms with E-state index in [2.05, 4.69) is 20.3 Å². The number of hydrogen-bond donors (Lipinski definition) is 2. The van der Waals surface area contributed by atoms with Gasteiger partial charge in [-0.25, -0.2) is 4.98 Å². The molecule has 0 unspecified atom stereocenters. The van der Waals surface area contributed by atoms with Gasteiger partial charge in [0.25, 0.3) is 11.5 Å². The Bertz CT molecular complexity index is 1240. The maximum Gasteiger partial charge on any atom is 0.258 e. The number of carbonyl (C=O) groups is 1. The lowest BCUT2D eigenvalue weighted by Crippen LogP contribution is -2.26. The SMILES string of the molecule is Cc1ccc2nc(C)cc(C(=O)NCc3nc4ccccc4c(=O)[nH]3)c2c1. The first-order valence-corrected chi connectivity index (χ1v) is 8.65. The second-order valence-electron chi connectivity index (χ2n) is 6.54. The fourth-order valence-electron chi connectivity index (χ4n) is 3.14. The van der Waals surface area contributed by atoms with Crippen molar-refractivity contribution in [1.82, 2.24) is 20.3 Å². The van der Waals surface area contributed by atoms with E-state index in [1.165, 1.54) is 0 Å². The van der Waals surface area contributed by atoms with Crippen molar-refractivity contribution in [3.8, 4) is 0 Å². The Morgan fingerprint density at radius 3 is 2.63 bits per heavy atom. The van der Waals surface area contributed by atoms with Crippen LogP contribution in [0, 0.1) is 13.8 Å². The van der Waals surface area contributed by atoms with Crippen molar-refractivity contribution in [2.45, 2.75) is 20.4 Å². The molecular formula is C21H18N4O2. The summed E-state index contributed by atoms with van der Waals surface area (Å²) in [5.74, 6) is 0.185. The molecule has 6 nitrogen and oxygen atoms in total. The molecule has 2 aromatic heterocycles. The number of pyridine rings is 1. The lowest BCUT2D eigenvalue weighted by atomic mass is 10.0. The lowest BCUT2D eigenvalue weighted by molar-refractivity contribution is 0.0951. The minimum absolute atomic E-state index is 0.133. The topological polar surface area (TPSA) is 87.7 Å². The zero-order chi connectivity index (χ0) is 19.0. The first kappa shape index (κ1) is 16.9. The lowest BCUT2D eigenvalue weighted by Gasteiger charge is -2.10. The van der Waals surface area contributed by atoms with E-state index in [0.717, 1.165) is 22.2 Å². The van der Waals surface area contributed by atoms with Crippen molar-refractivity contribution in [3.63, 3.8) is 0 Å². The van der Waals surface area contributed by atoms with Gasteiger partial charge in [-0.15, -0.1) is 0 Å². The average molecular weight is 358 g/mol. The van der Waals surface area contributed by atoms with Gasteiger partial charge in [0.1, 0.15) is 5.82 Å². The summed E-state index contributed by atoms with van der Waals surface area (Å²) in [5, 5.41) is 4.18. The molecule has 2 N–H and O–H groups in total. The number of nitrogens with one attached hydrogen (secondary N) is 2. The number of fused-ring (bicyclic) bond motifs is 2. The molecule has 0 radical (unpaired) electrons. The molecule has 0 atom stereocenters. The number of aromatic nitrogens is 3. The number of para-hydroxylation sites is 1. The molecule has 4 rings (SSSR count). The van der Waals surface area contributed by atoms with Crippen LogP contribution in [0.5, 0.6) is 0 Å². The highest BCUT2D eigenvalue weighted by Crippen LogP contribution is 2.20. The molecule has 6 heteroatoms. The molecule has 134 valence electrons. The molecule has 0 aliphatic heterocycles. The Balaban J connectivity index is 1.65. The van der Waals surface area contributed by atoms with Crippen LogP contribution in [0.25, 0.3) is 21.8 Å². The Labute approximate surface area is 155 Å². The van der Waals surface area contributed by atoms with Crippen LogP contribution in [0.3, 0.4) is 0 Å². The van der Waals surface area contributed by atoms with E-state index in [9.17, 15) is 9.59 Å². The smallest absolute Gasteiger partial charge is 0.258 e. The summed E-state index contributed by atoms with van der Waals surface area (Å²) in [6, 6.07) is 14.7. The minimum Gasteiger partial charge on any atom is -0.345 e. The van der Waals surface area contributed by atoms with E-state index in [0.29, 0.717) is 22.3 Å². The molecule has 0 saturated carbocycles. The normalized spacial score (nSPS) is 11.0. The van der Waals surface area contributed by atoms with Crippen LogP contribution in [-0.2, 0) is 6.54 Å². The second kappa shape index (κ2) is 6.64. The van der Waals surface area contributed by atoms with Crippen molar-refractivity contribution < 1.29 is 4.79 Å². The molecule has 1 amide bonds. The number of amides is 1. The number of rotatable bonds is 3. The molecule has 0 bridgehead atoms. The average Bonchev–Trinajstić information content (AvgIpc) is 2.66. The van der Waals surface area contributed by atoms with E-state index in [1.807, 2.05) is 38.1 Å². The third-order valence-electron chi connectivity index (χ3n) is 4.42. The quantitative estimate of drug-likeness (QED) is 0.589. The molecule has 0 spiro atoms. The number of aromatic amines is 1. The summed E-state index contributed by atoms with van der Waals surface area (Å²) in [6.07, 6.45) is 0. The number of H-pyrrole nitrogens is 1. The standard InChI is InChI=1S/C21H18N4O2/c1-12-7-8-18-15(9-12)16(10-13(2)23-18)20(26)22-11-19-24-17-6-4-3-5-14(17)21(27)25-19/h3-10H,11H2,1-2H3,(H,22,26)(H,24,25,27). The number of carbonyl (C=O) groups excluding carboxylic acids is 1. The van der Waals surface area contributed by atoms with Gasteiger partial charge in [0.05, 0.1) is 28.5 Å². The van der Waals surface area contributed by atoms with Gasteiger partial charge in [-0.3, -0.25) is 14.6 Å². The minimum atomic E-state index is -0.230. The summed E-state index contributed by atoms with van der Waals surface area (Å²) < 4.78 is 0. The third-order valence-corrected chi connectivity index (χ3v) is 4.42. The van der Waals surface area contributed by atoms with Gasteiger partial charge in [-0.2, -0.15) is 0 Å². The highest BCUT2D eigenvalue weighted by atomic mass is 16.1. The summed E-state index contributed by atoms with van der Waals surface area (Å²) in [6.45, 7) is 3.97. The molecule has 4 aromatic rings. The first-order valence-electron chi connectivity index (χ1n) is 8.65. The molecule has 27 heavy (non-hydrogen) atoms. The number of aryl methyl sites for hydroxylation is 2. The molecule has 0 aliphatic rings. The van der Waals surface area contributed by atoms with E-state index in [1.54, 1.807) is 24.3 Å². The van der Waals surface area contributed by atoms with Crippen molar-refractivity contribution in [2.75, 3.05) is 0 Å². The number of nitrogens with zero attached hydrogens (tertiary/aromatic N) is 2. The Morgan fingerprint density at radius 2 is 1.78 bits per heavy atom. The van der Waals surface area contributed by atoms with Crippen LogP contribution in [-0.4, -0.2) is 20.9 Å². The monoisotopic (exact) mass is 358 g/mol. The first-order chi connectivity index (χ1) is 13.0. The van der Waals surface area contributed by atoms with Gasteiger partial charge in [0.15, 0.2) is 0 Å². The molecule has 2 heterocycles. The highest BCUT2D eigenvalue weighted by molar-refractivity contribution is 6.06. The van der Waals surface area contributed by atoms with E-state index < -0.39 is 0 Å². The number of benzene rings is 2. The van der Waals surface area contributed by atoms with E-state index in [4.69, 9.17) is 0 Å². The van der Waals surface area contributed by atoms with Crippen LogP contribution < -0.4 is 10.9 Å². The summed E-state index contributed by atoms with van der Waals surface area (Å²) >= 11 is 0. The van der Waals surface area contributed by atoms with Crippen molar-refractivity contribution in [1.29, 1.82) is 0 Å². The van der Waals surface area contributed by atoms with Gasteiger partial charge in [-0.05, 0) is 44.2 Å². The van der Waals surface area contributed by atoms with Crippen molar-refractivity contribution in [2.24, 2.45) is 0 Å². The molecule has 0 fully saturated rings. The second-order valence-corrected chi connectivity index (χ2v) is 6.54. The van der Waals surface area contributed by atoms with Gasteiger partial charge >= 0.3 is 0 Å². The Morgan fingerprint density at radius 1 is 1.00 bits per heavy atom. The molecule has 2 aromatic carbocycles. The predicted octanol–water partition coefficient (Wildman–Crippen LogP) is 3.02. The summed E-state index contributed by atoms with van der Waals surface area (Å²) in [4.78, 5) is 36.6. The Hall–Kier alpha value is -3.54.